The van der Waals surface area contributed by atoms with Gasteiger partial charge in [0.25, 0.3) is 0 Å². The zero-order valence-electron chi connectivity index (χ0n) is 8.63. The Morgan fingerprint density at radius 2 is 2.23 bits per heavy atom. The Bertz CT molecular complexity index is 139. The Morgan fingerprint density at radius 1 is 1.54 bits per heavy atom. The van der Waals surface area contributed by atoms with Crippen molar-refractivity contribution in [2.75, 3.05) is 33.4 Å². The van der Waals surface area contributed by atoms with Gasteiger partial charge in [0.2, 0.25) is 0 Å². The van der Waals surface area contributed by atoms with E-state index in [2.05, 4.69) is 10.1 Å². The van der Waals surface area contributed by atoms with Crippen molar-refractivity contribution < 1.29 is 14.3 Å². The lowest BCUT2D eigenvalue weighted by molar-refractivity contribution is -0.144. The Kier molecular flexibility index (Phi) is 7.63. The van der Waals surface area contributed by atoms with Crippen molar-refractivity contribution in [1.82, 2.24) is 5.32 Å². The first-order valence-corrected chi connectivity index (χ1v) is 4.58. The van der Waals surface area contributed by atoms with E-state index in [0.717, 1.165) is 13.2 Å². The van der Waals surface area contributed by atoms with Crippen LogP contribution in [0.1, 0.15) is 13.8 Å². The molecule has 0 aromatic heterocycles. The molecule has 4 heteroatoms. The van der Waals surface area contributed by atoms with Crippen molar-refractivity contribution in [2.45, 2.75) is 13.8 Å². The molecule has 0 aliphatic rings. The predicted octanol–water partition coefficient (Wildman–Crippen LogP) is 0.422. The highest BCUT2D eigenvalue weighted by atomic mass is 16.5. The van der Waals surface area contributed by atoms with Gasteiger partial charge in [0.1, 0.15) is 0 Å². The quantitative estimate of drug-likeness (QED) is 0.466. The maximum atomic E-state index is 10.9. The van der Waals surface area contributed by atoms with Crippen molar-refractivity contribution in [2.24, 2.45) is 5.92 Å². The summed E-state index contributed by atoms with van der Waals surface area (Å²) in [5.74, 6) is -0.268. The number of hydrogen-bond donors (Lipinski definition) is 1. The largest absolute Gasteiger partial charge is 0.469 e. The summed E-state index contributed by atoms with van der Waals surface area (Å²) in [5.41, 5.74) is 0. The van der Waals surface area contributed by atoms with E-state index in [1.807, 2.05) is 13.8 Å². The summed E-state index contributed by atoms with van der Waals surface area (Å²) in [7, 11) is 1.40. The minimum Gasteiger partial charge on any atom is -0.469 e. The van der Waals surface area contributed by atoms with Gasteiger partial charge in [-0.15, -0.1) is 0 Å². The third kappa shape index (κ3) is 6.54. The van der Waals surface area contributed by atoms with E-state index in [1.54, 1.807) is 0 Å². The molecule has 0 bridgehead atoms. The highest BCUT2D eigenvalue weighted by Crippen LogP contribution is 1.94. The van der Waals surface area contributed by atoms with Crippen molar-refractivity contribution >= 4 is 5.97 Å². The number of ether oxygens (including phenoxy) is 2. The van der Waals surface area contributed by atoms with Crippen LogP contribution in [-0.2, 0) is 14.3 Å². The van der Waals surface area contributed by atoms with E-state index in [9.17, 15) is 4.79 Å². The first-order chi connectivity index (χ1) is 6.22. The summed E-state index contributed by atoms with van der Waals surface area (Å²) in [4.78, 5) is 10.9. The fourth-order valence-electron chi connectivity index (χ4n) is 0.892. The number of esters is 1. The normalized spacial score (nSPS) is 12.5. The van der Waals surface area contributed by atoms with Crippen molar-refractivity contribution in [3.63, 3.8) is 0 Å². The second-order valence-electron chi connectivity index (χ2n) is 2.83. The van der Waals surface area contributed by atoms with Gasteiger partial charge < -0.3 is 14.8 Å². The summed E-state index contributed by atoms with van der Waals surface area (Å²) in [6.45, 7) is 6.62. The Morgan fingerprint density at radius 3 is 2.77 bits per heavy atom. The summed E-state index contributed by atoms with van der Waals surface area (Å²) in [6.07, 6.45) is 0. The SMILES string of the molecule is CCOCCNCC(C)C(=O)OC. The van der Waals surface area contributed by atoms with Gasteiger partial charge >= 0.3 is 5.97 Å². The predicted molar refractivity (Wildman–Crippen MR) is 50.5 cm³/mol. The maximum Gasteiger partial charge on any atom is 0.309 e. The van der Waals surface area contributed by atoms with Gasteiger partial charge in [-0.2, -0.15) is 0 Å². The summed E-state index contributed by atoms with van der Waals surface area (Å²) < 4.78 is 9.70. The number of carbonyl (C=O) groups excluding carboxylic acids is 1. The molecule has 0 radical (unpaired) electrons. The fourth-order valence-corrected chi connectivity index (χ4v) is 0.892. The number of nitrogens with one attached hydrogen (secondary N) is 1. The lowest BCUT2D eigenvalue weighted by atomic mass is 10.2. The van der Waals surface area contributed by atoms with Crippen molar-refractivity contribution in [3.05, 3.63) is 0 Å². The van der Waals surface area contributed by atoms with Gasteiger partial charge in [-0.1, -0.05) is 6.92 Å². The van der Waals surface area contributed by atoms with E-state index in [1.165, 1.54) is 7.11 Å². The minimum absolute atomic E-state index is 0.0911. The van der Waals surface area contributed by atoms with Crippen LogP contribution in [-0.4, -0.2) is 39.4 Å². The molecule has 0 aliphatic carbocycles. The van der Waals surface area contributed by atoms with E-state index in [-0.39, 0.29) is 11.9 Å². The zero-order chi connectivity index (χ0) is 10.1. The second-order valence-corrected chi connectivity index (χ2v) is 2.83. The molecule has 0 saturated heterocycles. The van der Waals surface area contributed by atoms with E-state index >= 15 is 0 Å². The summed E-state index contributed by atoms with van der Waals surface area (Å²) in [5, 5.41) is 3.11. The highest BCUT2D eigenvalue weighted by molar-refractivity contribution is 5.71. The van der Waals surface area contributed by atoms with Crippen LogP contribution in [0, 0.1) is 5.92 Å². The van der Waals surface area contributed by atoms with Crippen LogP contribution in [0.4, 0.5) is 0 Å². The summed E-state index contributed by atoms with van der Waals surface area (Å²) in [6, 6.07) is 0. The number of hydrogen-bond acceptors (Lipinski definition) is 4. The lowest BCUT2D eigenvalue weighted by Crippen LogP contribution is -2.29. The van der Waals surface area contributed by atoms with Gasteiger partial charge in [-0.25, -0.2) is 0 Å². The van der Waals surface area contributed by atoms with Crippen molar-refractivity contribution in [1.29, 1.82) is 0 Å². The van der Waals surface area contributed by atoms with Crippen LogP contribution in [0.3, 0.4) is 0 Å². The topological polar surface area (TPSA) is 47.6 Å². The van der Waals surface area contributed by atoms with Gasteiger partial charge in [0.05, 0.1) is 19.6 Å². The van der Waals surface area contributed by atoms with E-state index < -0.39 is 0 Å². The van der Waals surface area contributed by atoms with Crippen LogP contribution in [0.5, 0.6) is 0 Å². The van der Waals surface area contributed by atoms with E-state index in [0.29, 0.717) is 13.2 Å². The lowest BCUT2D eigenvalue weighted by Gasteiger charge is -2.09. The average molecular weight is 189 g/mol. The molecule has 0 aliphatic heterocycles. The molecule has 13 heavy (non-hydrogen) atoms. The maximum absolute atomic E-state index is 10.9. The molecule has 0 rings (SSSR count). The highest BCUT2D eigenvalue weighted by Gasteiger charge is 2.11. The fraction of sp³-hybridized carbons (Fsp3) is 0.889. The number of carbonyl (C=O) groups is 1. The molecule has 0 aromatic rings. The van der Waals surface area contributed by atoms with Gasteiger partial charge in [0, 0.05) is 19.7 Å². The van der Waals surface area contributed by atoms with Crippen LogP contribution in [0.2, 0.25) is 0 Å². The molecule has 0 saturated carbocycles. The number of methoxy groups -OCH3 is 1. The van der Waals surface area contributed by atoms with Crippen LogP contribution >= 0.6 is 0 Å². The summed E-state index contributed by atoms with van der Waals surface area (Å²) >= 11 is 0. The first-order valence-electron chi connectivity index (χ1n) is 4.58. The molecule has 1 N–H and O–H groups in total. The molecule has 1 atom stereocenters. The molecule has 0 heterocycles. The first kappa shape index (κ1) is 12.4. The minimum atomic E-state index is -0.177. The second kappa shape index (κ2) is 8.01. The Balaban J connectivity index is 3.26. The molecule has 0 spiro atoms. The number of rotatable bonds is 7. The standard InChI is InChI=1S/C9H19NO3/c1-4-13-6-5-10-7-8(2)9(11)12-3/h8,10H,4-7H2,1-3H3. The molecule has 1 unspecified atom stereocenters. The van der Waals surface area contributed by atoms with Crippen LogP contribution in [0.15, 0.2) is 0 Å². The zero-order valence-corrected chi connectivity index (χ0v) is 8.63. The van der Waals surface area contributed by atoms with Crippen LogP contribution < -0.4 is 5.32 Å². The van der Waals surface area contributed by atoms with E-state index in [4.69, 9.17) is 4.74 Å². The molecule has 0 fully saturated rings. The van der Waals surface area contributed by atoms with Gasteiger partial charge in [0.15, 0.2) is 0 Å². The van der Waals surface area contributed by atoms with Crippen molar-refractivity contribution in [3.8, 4) is 0 Å². The third-order valence-electron chi connectivity index (χ3n) is 1.68. The third-order valence-corrected chi connectivity index (χ3v) is 1.68. The molecule has 78 valence electrons. The monoisotopic (exact) mass is 189 g/mol. The Hall–Kier alpha value is -0.610. The molecule has 0 amide bonds. The molecular weight excluding hydrogens is 170 g/mol. The van der Waals surface area contributed by atoms with Gasteiger partial charge in [-0.05, 0) is 6.92 Å². The molecule has 4 nitrogen and oxygen atoms in total. The smallest absolute Gasteiger partial charge is 0.309 e. The van der Waals surface area contributed by atoms with Crippen LogP contribution in [0.25, 0.3) is 0 Å². The Labute approximate surface area is 79.6 Å². The average Bonchev–Trinajstić information content (AvgIpc) is 2.16. The molecular formula is C9H19NO3. The molecule has 0 aromatic carbocycles. The van der Waals surface area contributed by atoms with Gasteiger partial charge in [-0.3, -0.25) is 4.79 Å².